The van der Waals surface area contributed by atoms with Gasteiger partial charge in [-0.1, -0.05) is 91.8 Å². The monoisotopic (exact) mass is 486 g/mol. The van der Waals surface area contributed by atoms with Gasteiger partial charge in [0, 0.05) is 12.4 Å². The van der Waals surface area contributed by atoms with Gasteiger partial charge in [0.25, 0.3) is 8.14 Å². The number of anilines is 2. The van der Waals surface area contributed by atoms with Crippen LogP contribution in [0.2, 0.25) is 0 Å². The van der Waals surface area contributed by atoms with E-state index in [0.29, 0.717) is 23.7 Å². The number of hydrogen-bond acceptors (Lipinski definition) is 2. The van der Waals surface area contributed by atoms with Crippen LogP contribution in [0.25, 0.3) is 0 Å². The Morgan fingerprint density at radius 2 is 0.844 bits per heavy atom. The second-order valence-electron chi connectivity index (χ2n) is 9.40. The van der Waals surface area contributed by atoms with Crippen molar-refractivity contribution in [1.82, 2.24) is 0 Å². The molecule has 172 valence electrons. The first-order valence-electron chi connectivity index (χ1n) is 11.4. The van der Waals surface area contributed by atoms with Gasteiger partial charge >= 0.3 is 0 Å². The van der Waals surface area contributed by atoms with Crippen molar-refractivity contribution in [2.24, 2.45) is 0 Å². The molecule has 0 saturated carbocycles. The summed E-state index contributed by atoms with van der Waals surface area (Å²) in [6.07, 6.45) is 4.32. The van der Waals surface area contributed by atoms with E-state index in [-0.39, 0.29) is 8.14 Å². The molecule has 0 spiro atoms. The fraction of sp³-hybridized carbons (Fsp3) is 0.444. The lowest BCUT2D eigenvalue weighted by molar-refractivity contribution is 0.819. The van der Waals surface area contributed by atoms with Gasteiger partial charge in [0.2, 0.25) is 6.67 Å². The molecular formula is C27H36Cl2N2Si. The molecule has 0 atom stereocenters. The zero-order valence-electron chi connectivity index (χ0n) is 20.6. The zero-order valence-corrected chi connectivity index (χ0v) is 23.1. The van der Waals surface area contributed by atoms with Gasteiger partial charge in [0.15, 0.2) is 0 Å². The van der Waals surface area contributed by atoms with Crippen LogP contribution < -0.4 is 9.80 Å². The Labute approximate surface area is 207 Å². The summed E-state index contributed by atoms with van der Waals surface area (Å²) in [5.41, 5.74) is 8.05. The molecular weight excluding hydrogens is 451 g/mol. The molecule has 32 heavy (non-hydrogen) atoms. The molecule has 0 N–H and O–H groups in total. The van der Waals surface area contributed by atoms with Crippen LogP contribution in [0.15, 0.2) is 48.8 Å². The average Bonchev–Trinajstić information content (AvgIpc) is 3.22. The van der Waals surface area contributed by atoms with E-state index in [2.05, 4.69) is 121 Å². The maximum Gasteiger partial charge on any atom is 0.295 e. The highest BCUT2D eigenvalue weighted by Crippen LogP contribution is 2.42. The largest absolute Gasteiger partial charge is 0.315 e. The van der Waals surface area contributed by atoms with Crippen LogP contribution in [0.5, 0.6) is 0 Å². The Kier molecular flexibility index (Phi) is 10.2. The molecule has 2 nitrogen and oxygen atoms in total. The van der Waals surface area contributed by atoms with Crippen molar-refractivity contribution in [3.8, 4) is 0 Å². The maximum atomic E-state index is 4.79. The van der Waals surface area contributed by atoms with Crippen molar-refractivity contribution < 1.29 is 0 Å². The highest BCUT2D eigenvalue weighted by atomic mass is 35.7. The van der Waals surface area contributed by atoms with Crippen LogP contribution in [-0.2, 0) is 0 Å². The highest BCUT2D eigenvalue weighted by Gasteiger charge is 2.27. The second-order valence-corrected chi connectivity index (χ2v) is 11.3. The Morgan fingerprint density at radius 3 is 1.06 bits per heavy atom. The van der Waals surface area contributed by atoms with Crippen molar-refractivity contribution in [1.29, 1.82) is 0 Å². The van der Waals surface area contributed by atoms with Gasteiger partial charge in [-0.2, -0.15) is 0 Å². The summed E-state index contributed by atoms with van der Waals surface area (Å²) in [6.45, 7) is 21.8. The van der Waals surface area contributed by atoms with E-state index in [9.17, 15) is 0 Å². The van der Waals surface area contributed by atoms with E-state index in [1.54, 1.807) is 0 Å². The van der Waals surface area contributed by atoms with Gasteiger partial charge in [-0.3, -0.25) is 0 Å². The van der Waals surface area contributed by atoms with Crippen molar-refractivity contribution in [2.75, 3.05) is 9.80 Å². The number of rotatable bonds is 6. The van der Waals surface area contributed by atoms with E-state index < -0.39 is 0 Å². The lowest BCUT2D eigenvalue weighted by Gasteiger charge is -2.29. The molecule has 0 saturated heterocycles. The first-order valence-corrected chi connectivity index (χ1v) is 14.4. The van der Waals surface area contributed by atoms with Crippen LogP contribution in [0, 0.1) is 6.67 Å². The third kappa shape index (κ3) is 6.12. The predicted octanol–water partition coefficient (Wildman–Crippen LogP) is 8.97. The van der Waals surface area contributed by atoms with Crippen LogP contribution >= 0.6 is 22.2 Å². The van der Waals surface area contributed by atoms with Gasteiger partial charge in [-0.05, 0) is 45.9 Å². The molecule has 1 aliphatic rings. The van der Waals surface area contributed by atoms with Gasteiger partial charge in [0.05, 0.1) is 11.4 Å². The third-order valence-corrected chi connectivity index (χ3v) is 5.75. The van der Waals surface area contributed by atoms with Crippen LogP contribution in [0.4, 0.5) is 11.4 Å². The summed E-state index contributed by atoms with van der Waals surface area (Å²) in [5.74, 6) is 1.84. The molecule has 0 fully saturated rings. The van der Waals surface area contributed by atoms with Crippen LogP contribution in [0.3, 0.4) is 0 Å². The lowest BCUT2D eigenvalue weighted by Crippen LogP contribution is -2.23. The first kappa shape index (κ1) is 26.8. The van der Waals surface area contributed by atoms with E-state index >= 15 is 0 Å². The topological polar surface area (TPSA) is 6.48 Å². The molecule has 5 heteroatoms. The standard InChI is InChI=1S/C27H36N2.Cl2Si/c1-18(2)22-11-9-12-23(19(3)4)26(22)28-15-16-29(17-28)27-24(20(5)6)13-10-14-25(27)21(7)8;1-3-2/h9-16,18-21H,1-8H3;. The second kappa shape index (κ2) is 12.2. The minimum Gasteiger partial charge on any atom is -0.315 e. The van der Waals surface area contributed by atoms with Crippen molar-refractivity contribution in [2.45, 2.75) is 79.1 Å². The molecule has 0 aliphatic carbocycles. The molecule has 1 heterocycles. The Hall–Kier alpha value is -1.42. The molecule has 1 aliphatic heterocycles. The summed E-state index contributed by atoms with van der Waals surface area (Å²) in [5, 5.41) is 0. The maximum absolute atomic E-state index is 4.79. The van der Waals surface area contributed by atoms with E-state index in [1.807, 2.05) is 0 Å². The molecule has 2 aromatic rings. The van der Waals surface area contributed by atoms with Gasteiger partial charge in [0.1, 0.15) is 0 Å². The van der Waals surface area contributed by atoms with E-state index in [1.165, 1.54) is 33.6 Å². The SMILES string of the molecule is CC(C)c1cccc(C(C)C)c1N1[C]N(c2c(C(C)C)cccc2C(C)C)C=C1.Cl[Si]Cl. The zero-order chi connectivity index (χ0) is 24.0. The predicted molar refractivity (Wildman–Crippen MR) is 144 cm³/mol. The van der Waals surface area contributed by atoms with Crippen molar-refractivity contribution >= 4 is 41.7 Å². The Balaban J connectivity index is 0.00000114. The quantitative estimate of drug-likeness (QED) is 0.296. The number of nitrogens with zero attached hydrogens (tertiary/aromatic N) is 2. The van der Waals surface area contributed by atoms with Crippen molar-refractivity contribution in [3.63, 3.8) is 0 Å². The smallest absolute Gasteiger partial charge is 0.295 e. The summed E-state index contributed by atoms with van der Waals surface area (Å²) in [6, 6.07) is 13.4. The molecule has 4 radical (unpaired) electrons. The highest BCUT2D eigenvalue weighted by molar-refractivity contribution is 7.22. The van der Waals surface area contributed by atoms with E-state index in [4.69, 9.17) is 22.2 Å². The van der Waals surface area contributed by atoms with Crippen LogP contribution in [-0.4, -0.2) is 8.14 Å². The van der Waals surface area contributed by atoms with Gasteiger partial charge < -0.3 is 9.80 Å². The summed E-state index contributed by atoms with van der Waals surface area (Å²) < 4.78 is 0. The van der Waals surface area contributed by atoms with Crippen molar-refractivity contribution in [3.05, 3.63) is 77.7 Å². The molecule has 0 bridgehead atoms. The Bertz CT molecular complexity index is 783. The summed E-state index contributed by atoms with van der Waals surface area (Å²) in [7, 11) is 0.0278. The van der Waals surface area contributed by atoms with Crippen LogP contribution in [0.1, 0.15) is 101 Å². The normalized spacial score (nSPS) is 13.6. The summed E-state index contributed by atoms with van der Waals surface area (Å²) in [4.78, 5) is 4.40. The average molecular weight is 488 g/mol. The number of hydrogen-bond donors (Lipinski definition) is 0. The Morgan fingerprint density at radius 1 is 0.594 bits per heavy atom. The lowest BCUT2D eigenvalue weighted by atomic mass is 9.91. The first-order chi connectivity index (χ1) is 15.1. The number of benzene rings is 2. The van der Waals surface area contributed by atoms with Gasteiger partial charge in [-0.25, -0.2) is 0 Å². The fourth-order valence-electron chi connectivity index (χ4n) is 4.14. The minimum atomic E-state index is 0.0278. The minimum absolute atomic E-state index is 0.0278. The molecule has 2 aromatic carbocycles. The molecule has 0 aromatic heterocycles. The number of para-hydroxylation sites is 2. The fourth-order valence-corrected chi connectivity index (χ4v) is 4.14. The number of halogens is 2. The molecule has 0 amide bonds. The molecule has 3 rings (SSSR count). The summed E-state index contributed by atoms with van der Waals surface area (Å²) >= 11 is 9.58. The van der Waals surface area contributed by atoms with Gasteiger partial charge in [-0.15, -0.1) is 22.2 Å². The molecule has 0 unspecified atom stereocenters. The van der Waals surface area contributed by atoms with E-state index in [0.717, 1.165) is 0 Å². The third-order valence-electron chi connectivity index (χ3n) is 5.75.